The van der Waals surface area contributed by atoms with E-state index in [0.29, 0.717) is 17.7 Å². The number of amides is 1. The lowest BCUT2D eigenvalue weighted by atomic mass is 10.0. The molecule has 0 aliphatic heterocycles. The highest BCUT2D eigenvalue weighted by atomic mass is 32.2. The molecule has 8 nitrogen and oxygen atoms in total. The summed E-state index contributed by atoms with van der Waals surface area (Å²) in [6, 6.07) is 21.1. The van der Waals surface area contributed by atoms with E-state index in [1.165, 1.54) is 12.1 Å². The maximum Gasteiger partial charge on any atom is 0.322 e. The number of rotatable bonds is 9. The van der Waals surface area contributed by atoms with Gasteiger partial charge in [-0.3, -0.25) is 9.59 Å². The van der Waals surface area contributed by atoms with Crippen LogP contribution in [0.4, 0.5) is 5.69 Å². The second kappa shape index (κ2) is 10.3. The third kappa shape index (κ3) is 5.48. The molecule has 1 aromatic heterocycles. The number of hydrogen-bond acceptors (Lipinski definition) is 5. The second-order valence-corrected chi connectivity index (χ2v) is 10.2. The Hall–Kier alpha value is -3.95. The van der Waals surface area contributed by atoms with Gasteiger partial charge in [-0.15, -0.1) is 0 Å². The van der Waals surface area contributed by atoms with Crippen molar-refractivity contribution in [3.63, 3.8) is 0 Å². The van der Waals surface area contributed by atoms with Crippen molar-refractivity contribution in [2.45, 2.75) is 31.2 Å². The zero-order valence-corrected chi connectivity index (χ0v) is 20.6. The van der Waals surface area contributed by atoms with Crippen LogP contribution in [0.5, 0.6) is 0 Å². The molecule has 4 aromatic rings. The minimum atomic E-state index is -4.00. The number of aliphatic carboxylic acids is 1. The van der Waals surface area contributed by atoms with Crippen LogP contribution in [0.15, 0.2) is 88.2 Å². The average Bonchev–Trinajstić information content (AvgIpc) is 3.32. The topological polar surface area (TPSA) is 126 Å². The molecule has 9 heteroatoms. The van der Waals surface area contributed by atoms with Crippen molar-refractivity contribution < 1.29 is 27.5 Å². The van der Waals surface area contributed by atoms with E-state index in [4.69, 9.17) is 4.42 Å². The number of para-hydroxylation sites is 1. The summed E-state index contributed by atoms with van der Waals surface area (Å²) in [5, 5.41) is 13.0. The number of benzene rings is 3. The Balaban J connectivity index is 1.45. The normalized spacial score (nSPS) is 13.3. The van der Waals surface area contributed by atoms with Crippen LogP contribution in [0, 0.1) is 5.92 Å². The van der Waals surface area contributed by atoms with Gasteiger partial charge < -0.3 is 14.8 Å². The number of carboxylic acid groups (broad SMARTS) is 1. The molecule has 0 saturated carbocycles. The highest BCUT2D eigenvalue weighted by Crippen LogP contribution is 2.25. The standard InChI is InChI=1S/C27H26N2O6S/c1-3-17(2)25(27(31)32)29-36(33,34)22-14-10-19(11-15-22)18-8-12-21(13-9-18)28-26(30)24-16-20-6-4-5-7-23(20)35-24/h4-17,25,29H,3H2,1-2H3,(H,28,30)(H,31,32). The molecule has 0 radical (unpaired) electrons. The molecule has 0 aliphatic carbocycles. The van der Waals surface area contributed by atoms with Crippen molar-refractivity contribution in [3.8, 4) is 11.1 Å². The van der Waals surface area contributed by atoms with Crippen LogP contribution in [0.25, 0.3) is 22.1 Å². The van der Waals surface area contributed by atoms with E-state index in [-0.39, 0.29) is 22.5 Å². The molecular formula is C27H26N2O6S. The lowest BCUT2D eigenvalue weighted by molar-refractivity contribution is -0.140. The van der Waals surface area contributed by atoms with Crippen LogP contribution in [-0.2, 0) is 14.8 Å². The second-order valence-electron chi connectivity index (χ2n) is 8.53. The minimum absolute atomic E-state index is 0.0180. The van der Waals surface area contributed by atoms with Gasteiger partial charge in [0.15, 0.2) is 5.76 Å². The predicted molar refractivity (Wildman–Crippen MR) is 137 cm³/mol. The number of nitrogens with one attached hydrogen (secondary N) is 2. The number of anilines is 1. The van der Waals surface area contributed by atoms with Crippen molar-refractivity contribution >= 4 is 38.6 Å². The first kappa shape index (κ1) is 25.2. The lowest BCUT2D eigenvalue weighted by Gasteiger charge is -2.20. The van der Waals surface area contributed by atoms with Crippen LogP contribution >= 0.6 is 0 Å². The largest absolute Gasteiger partial charge is 0.480 e. The van der Waals surface area contributed by atoms with Crippen molar-refractivity contribution in [3.05, 3.63) is 84.6 Å². The van der Waals surface area contributed by atoms with Crippen LogP contribution in [-0.4, -0.2) is 31.4 Å². The fourth-order valence-corrected chi connectivity index (χ4v) is 5.04. The molecule has 0 saturated heterocycles. The summed E-state index contributed by atoms with van der Waals surface area (Å²) in [5.41, 5.74) is 2.80. The van der Waals surface area contributed by atoms with Gasteiger partial charge in [0.2, 0.25) is 10.0 Å². The molecule has 36 heavy (non-hydrogen) atoms. The van der Waals surface area contributed by atoms with Gasteiger partial charge in [0, 0.05) is 11.1 Å². The Morgan fingerprint density at radius 2 is 1.56 bits per heavy atom. The van der Waals surface area contributed by atoms with Gasteiger partial charge in [-0.05, 0) is 53.4 Å². The summed E-state index contributed by atoms with van der Waals surface area (Å²) in [4.78, 5) is 24.0. The fourth-order valence-electron chi connectivity index (χ4n) is 3.74. The lowest BCUT2D eigenvalue weighted by Crippen LogP contribution is -2.44. The molecule has 0 fully saturated rings. The van der Waals surface area contributed by atoms with Gasteiger partial charge in [0.25, 0.3) is 5.91 Å². The predicted octanol–water partition coefficient (Wildman–Crippen LogP) is 5.13. The number of sulfonamides is 1. The number of carbonyl (C=O) groups is 2. The summed E-state index contributed by atoms with van der Waals surface area (Å²) in [6.45, 7) is 3.49. The van der Waals surface area contributed by atoms with Gasteiger partial charge in [0.05, 0.1) is 4.90 Å². The quantitative estimate of drug-likeness (QED) is 0.289. The number of hydrogen-bond donors (Lipinski definition) is 3. The third-order valence-electron chi connectivity index (χ3n) is 6.05. The smallest absolute Gasteiger partial charge is 0.322 e. The molecule has 3 aromatic carbocycles. The van der Waals surface area contributed by atoms with Gasteiger partial charge in [-0.2, -0.15) is 4.72 Å². The molecule has 3 N–H and O–H groups in total. The van der Waals surface area contributed by atoms with E-state index in [9.17, 15) is 23.1 Å². The van der Waals surface area contributed by atoms with Crippen LogP contribution in [0.2, 0.25) is 0 Å². The first-order valence-corrected chi connectivity index (χ1v) is 12.9. The number of carboxylic acids is 1. The number of fused-ring (bicyclic) bond motifs is 1. The van der Waals surface area contributed by atoms with Gasteiger partial charge in [-0.25, -0.2) is 8.42 Å². The Kier molecular flexibility index (Phi) is 7.23. The summed E-state index contributed by atoms with van der Waals surface area (Å²) in [5.74, 6) is -1.72. The number of furan rings is 1. The maximum absolute atomic E-state index is 12.7. The van der Waals surface area contributed by atoms with Crippen molar-refractivity contribution in [1.82, 2.24) is 4.72 Å². The molecule has 0 aliphatic rings. The van der Waals surface area contributed by atoms with Gasteiger partial charge in [-0.1, -0.05) is 62.7 Å². The molecule has 4 rings (SSSR count). The monoisotopic (exact) mass is 506 g/mol. The van der Waals surface area contributed by atoms with Gasteiger partial charge in [0.1, 0.15) is 11.6 Å². The van der Waals surface area contributed by atoms with Crippen molar-refractivity contribution in [2.75, 3.05) is 5.32 Å². The third-order valence-corrected chi connectivity index (χ3v) is 7.51. The average molecular weight is 507 g/mol. The Morgan fingerprint density at radius 3 is 2.14 bits per heavy atom. The van der Waals surface area contributed by atoms with Crippen molar-refractivity contribution in [2.24, 2.45) is 5.92 Å². The van der Waals surface area contributed by atoms with E-state index in [1.54, 1.807) is 62.4 Å². The molecule has 1 heterocycles. The van der Waals surface area contributed by atoms with Crippen LogP contribution in [0.3, 0.4) is 0 Å². The molecule has 186 valence electrons. The molecular weight excluding hydrogens is 480 g/mol. The van der Waals surface area contributed by atoms with Crippen LogP contribution in [0.1, 0.15) is 30.8 Å². The number of carbonyl (C=O) groups excluding carboxylic acids is 1. The Labute approximate surface area is 209 Å². The minimum Gasteiger partial charge on any atom is -0.480 e. The Morgan fingerprint density at radius 1 is 0.944 bits per heavy atom. The molecule has 2 atom stereocenters. The van der Waals surface area contributed by atoms with E-state index >= 15 is 0 Å². The zero-order chi connectivity index (χ0) is 25.9. The van der Waals surface area contributed by atoms with E-state index in [0.717, 1.165) is 16.5 Å². The first-order valence-electron chi connectivity index (χ1n) is 11.4. The van der Waals surface area contributed by atoms with Crippen molar-refractivity contribution in [1.29, 1.82) is 0 Å². The molecule has 0 spiro atoms. The summed E-state index contributed by atoms with van der Waals surface area (Å²) >= 11 is 0. The molecule has 1 amide bonds. The molecule has 2 unspecified atom stereocenters. The summed E-state index contributed by atoms with van der Waals surface area (Å²) < 4.78 is 33.3. The first-order chi connectivity index (χ1) is 17.2. The Bertz CT molecular complexity index is 1460. The zero-order valence-electron chi connectivity index (χ0n) is 19.8. The maximum atomic E-state index is 12.7. The van der Waals surface area contributed by atoms with Crippen LogP contribution < -0.4 is 10.0 Å². The van der Waals surface area contributed by atoms with E-state index in [2.05, 4.69) is 10.0 Å². The SMILES string of the molecule is CCC(C)C(NS(=O)(=O)c1ccc(-c2ccc(NC(=O)c3cc4ccccc4o3)cc2)cc1)C(=O)O. The van der Waals surface area contributed by atoms with Gasteiger partial charge >= 0.3 is 5.97 Å². The molecule has 0 bridgehead atoms. The fraction of sp³-hybridized carbons (Fsp3) is 0.185. The van der Waals surface area contributed by atoms with E-state index < -0.39 is 22.0 Å². The highest BCUT2D eigenvalue weighted by Gasteiger charge is 2.29. The van der Waals surface area contributed by atoms with E-state index in [1.807, 2.05) is 18.2 Å². The summed E-state index contributed by atoms with van der Waals surface area (Å²) in [6.07, 6.45) is 0.521. The highest BCUT2D eigenvalue weighted by molar-refractivity contribution is 7.89. The summed E-state index contributed by atoms with van der Waals surface area (Å²) in [7, 11) is -4.00.